The topological polar surface area (TPSA) is 70.8 Å². The minimum atomic E-state index is 0.0196. The fraction of sp³-hybridized carbons (Fsp3) is 0.533. The molecule has 114 valence electrons. The maximum absolute atomic E-state index is 12.2. The van der Waals surface area contributed by atoms with Gasteiger partial charge in [-0.25, -0.2) is 4.79 Å². The zero-order chi connectivity index (χ0) is 14.7. The number of nitrogens with one attached hydrogen (secondary N) is 1. The molecule has 6 nitrogen and oxygen atoms in total. The molecule has 1 atom stereocenters. The van der Waals surface area contributed by atoms with E-state index in [1.807, 2.05) is 29.2 Å². The Morgan fingerprint density at radius 1 is 1.24 bits per heavy atom. The van der Waals surface area contributed by atoms with Crippen molar-refractivity contribution in [3.63, 3.8) is 0 Å². The zero-order valence-corrected chi connectivity index (χ0v) is 12.1. The van der Waals surface area contributed by atoms with Crippen LogP contribution in [0, 0.1) is 0 Å². The molecule has 2 amide bonds. The number of rotatable bonds is 2. The van der Waals surface area contributed by atoms with Gasteiger partial charge >= 0.3 is 6.03 Å². The molecule has 0 saturated carbocycles. The molecule has 0 spiro atoms. The van der Waals surface area contributed by atoms with Crippen LogP contribution < -0.4 is 16.0 Å². The fourth-order valence-electron chi connectivity index (χ4n) is 2.84. The Kier molecular flexibility index (Phi) is 4.15. The summed E-state index contributed by atoms with van der Waals surface area (Å²) >= 11 is 0. The van der Waals surface area contributed by atoms with Gasteiger partial charge in [0.25, 0.3) is 0 Å². The summed E-state index contributed by atoms with van der Waals surface area (Å²) < 4.78 is 5.28. The summed E-state index contributed by atoms with van der Waals surface area (Å²) in [6, 6.07) is 8.05. The van der Waals surface area contributed by atoms with Crippen LogP contribution in [0.25, 0.3) is 0 Å². The van der Waals surface area contributed by atoms with Gasteiger partial charge in [-0.2, -0.15) is 0 Å². The van der Waals surface area contributed by atoms with Crippen LogP contribution >= 0.6 is 0 Å². The lowest BCUT2D eigenvalue weighted by molar-refractivity contribution is 0.176. The van der Waals surface area contributed by atoms with Crippen molar-refractivity contribution in [1.29, 1.82) is 0 Å². The first-order valence-electron chi connectivity index (χ1n) is 7.46. The number of benzene rings is 1. The molecule has 2 fully saturated rings. The maximum atomic E-state index is 12.2. The highest BCUT2D eigenvalue weighted by Crippen LogP contribution is 2.23. The maximum Gasteiger partial charge on any atom is 0.317 e. The first-order valence-corrected chi connectivity index (χ1v) is 7.46. The molecule has 3 rings (SSSR count). The number of hydrogen-bond acceptors (Lipinski definition) is 4. The van der Waals surface area contributed by atoms with Gasteiger partial charge in [0.15, 0.2) is 0 Å². The fourth-order valence-corrected chi connectivity index (χ4v) is 2.84. The lowest BCUT2D eigenvalue weighted by Crippen LogP contribution is -2.53. The predicted octanol–water partition coefficient (Wildman–Crippen LogP) is 0.889. The molecule has 21 heavy (non-hydrogen) atoms. The van der Waals surface area contributed by atoms with E-state index in [0.29, 0.717) is 19.7 Å². The highest BCUT2D eigenvalue weighted by atomic mass is 16.5. The lowest BCUT2D eigenvalue weighted by Gasteiger charge is -2.36. The lowest BCUT2D eigenvalue weighted by atomic mass is 10.2. The SMILES string of the molecule is Nc1ccccc1N1CCN(C(=O)NC2CCOC2)CC1. The molecule has 0 aromatic heterocycles. The molecule has 3 N–H and O–H groups in total. The minimum absolute atomic E-state index is 0.0196. The average molecular weight is 290 g/mol. The Morgan fingerprint density at radius 3 is 2.67 bits per heavy atom. The molecule has 2 heterocycles. The number of nitrogen functional groups attached to an aromatic ring is 1. The van der Waals surface area contributed by atoms with Gasteiger partial charge in [-0.15, -0.1) is 0 Å². The van der Waals surface area contributed by atoms with E-state index in [-0.39, 0.29) is 12.1 Å². The Balaban J connectivity index is 1.52. The third kappa shape index (κ3) is 3.21. The Labute approximate surface area is 124 Å². The van der Waals surface area contributed by atoms with E-state index in [2.05, 4.69) is 10.2 Å². The van der Waals surface area contributed by atoms with Crippen LogP contribution in [0.4, 0.5) is 16.2 Å². The van der Waals surface area contributed by atoms with Crippen molar-refractivity contribution >= 4 is 17.4 Å². The van der Waals surface area contributed by atoms with Crippen molar-refractivity contribution in [2.75, 3.05) is 50.0 Å². The number of nitrogens with zero attached hydrogens (tertiary/aromatic N) is 2. The molecule has 6 heteroatoms. The number of piperazine rings is 1. The van der Waals surface area contributed by atoms with Crippen molar-refractivity contribution in [3.05, 3.63) is 24.3 Å². The van der Waals surface area contributed by atoms with Crippen molar-refractivity contribution in [2.45, 2.75) is 12.5 Å². The number of carbonyl (C=O) groups is 1. The Morgan fingerprint density at radius 2 is 2.00 bits per heavy atom. The minimum Gasteiger partial charge on any atom is -0.397 e. The van der Waals surface area contributed by atoms with Crippen molar-refractivity contribution in [3.8, 4) is 0 Å². The molecule has 1 unspecified atom stereocenters. The van der Waals surface area contributed by atoms with Crippen molar-refractivity contribution in [1.82, 2.24) is 10.2 Å². The summed E-state index contributed by atoms with van der Waals surface area (Å²) in [5.74, 6) is 0. The largest absolute Gasteiger partial charge is 0.397 e. The predicted molar refractivity (Wildman–Crippen MR) is 82.4 cm³/mol. The summed E-state index contributed by atoms with van der Waals surface area (Å²) in [5.41, 5.74) is 7.85. The molecular weight excluding hydrogens is 268 g/mol. The van der Waals surface area contributed by atoms with Gasteiger partial charge in [0.2, 0.25) is 0 Å². The quantitative estimate of drug-likeness (QED) is 0.794. The van der Waals surface area contributed by atoms with Gasteiger partial charge < -0.3 is 25.6 Å². The third-order valence-corrected chi connectivity index (χ3v) is 4.10. The number of amides is 2. The first kappa shape index (κ1) is 14.0. The second-order valence-electron chi connectivity index (χ2n) is 5.54. The van der Waals surface area contributed by atoms with Crippen LogP contribution in [0.5, 0.6) is 0 Å². The van der Waals surface area contributed by atoms with Gasteiger partial charge in [-0.1, -0.05) is 12.1 Å². The van der Waals surface area contributed by atoms with Gasteiger partial charge in [0.1, 0.15) is 0 Å². The summed E-state index contributed by atoms with van der Waals surface area (Å²) in [5, 5.41) is 3.03. The summed E-state index contributed by atoms with van der Waals surface area (Å²) in [7, 11) is 0. The van der Waals surface area contributed by atoms with Gasteiger partial charge in [-0.05, 0) is 18.6 Å². The van der Waals surface area contributed by atoms with E-state index in [9.17, 15) is 4.79 Å². The summed E-state index contributed by atoms with van der Waals surface area (Å²) in [4.78, 5) is 16.3. The van der Waals surface area contributed by atoms with Crippen LogP contribution in [0.1, 0.15) is 6.42 Å². The molecule has 1 aromatic rings. The van der Waals surface area contributed by atoms with Crippen LogP contribution in [0.15, 0.2) is 24.3 Å². The van der Waals surface area contributed by atoms with E-state index in [1.165, 1.54) is 0 Å². The zero-order valence-electron chi connectivity index (χ0n) is 12.1. The number of carbonyl (C=O) groups excluding carboxylic acids is 1. The van der Waals surface area contributed by atoms with Crippen LogP contribution in [-0.2, 0) is 4.74 Å². The number of ether oxygens (including phenoxy) is 1. The van der Waals surface area contributed by atoms with E-state index in [1.54, 1.807) is 0 Å². The normalized spacial score (nSPS) is 22.4. The van der Waals surface area contributed by atoms with Crippen molar-refractivity contribution in [2.24, 2.45) is 0 Å². The average Bonchev–Trinajstić information content (AvgIpc) is 3.01. The molecule has 0 radical (unpaired) electrons. The summed E-state index contributed by atoms with van der Waals surface area (Å²) in [6.45, 7) is 4.42. The summed E-state index contributed by atoms with van der Waals surface area (Å²) in [6.07, 6.45) is 0.909. The molecule has 2 aliphatic heterocycles. The molecular formula is C15H22N4O2. The van der Waals surface area contributed by atoms with Gasteiger partial charge in [-0.3, -0.25) is 0 Å². The molecule has 0 aliphatic carbocycles. The molecule has 0 bridgehead atoms. The van der Waals surface area contributed by atoms with E-state index >= 15 is 0 Å². The van der Waals surface area contributed by atoms with Crippen LogP contribution in [0.2, 0.25) is 0 Å². The standard InChI is InChI=1S/C15H22N4O2/c16-13-3-1-2-4-14(13)18-6-8-19(9-7-18)15(20)17-12-5-10-21-11-12/h1-4,12H,5-11,16H2,(H,17,20). The molecule has 1 aromatic carbocycles. The van der Waals surface area contributed by atoms with Gasteiger partial charge in [0, 0.05) is 32.8 Å². The number of nitrogens with two attached hydrogens (primary N) is 1. The van der Waals surface area contributed by atoms with Crippen molar-refractivity contribution < 1.29 is 9.53 Å². The monoisotopic (exact) mass is 290 g/mol. The Bertz CT molecular complexity index is 494. The highest BCUT2D eigenvalue weighted by Gasteiger charge is 2.25. The molecule has 2 saturated heterocycles. The number of anilines is 2. The first-order chi connectivity index (χ1) is 10.2. The third-order valence-electron chi connectivity index (χ3n) is 4.10. The number of urea groups is 1. The second kappa shape index (κ2) is 6.22. The number of hydrogen-bond donors (Lipinski definition) is 2. The Hall–Kier alpha value is -1.95. The van der Waals surface area contributed by atoms with Crippen LogP contribution in [-0.4, -0.2) is 56.4 Å². The molecule has 2 aliphatic rings. The smallest absolute Gasteiger partial charge is 0.317 e. The van der Waals surface area contributed by atoms with E-state index in [4.69, 9.17) is 10.5 Å². The van der Waals surface area contributed by atoms with E-state index in [0.717, 1.165) is 37.5 Å². The van der Waals surface area contributed by atoms with Crippen LogP contribution in [0.3, 0.4) is 0 Å². The highest BCUT2D eigenvalue weighted by molar-refractivity contribution is 5.75. The number of para-hydroxylation sites is 2. The van der Waals surface area contributed by atoms with E-state index < -0.39 is 0 Å². The van der Waals surface area contributed by atoms with Gasteiger partial charge in [0.05, 0.1) is 24.0 Å². The second-order valence-corrected chi connectivity index (χ2v) is 5.54.